The Bertz CT molecular complexity index is 1330. The Morgan fingerprint density at radius 2 is 1.73 bits per heavy atom. The molecule has 9 heteroatoms. The van der Waals surface area contributed by atoms with E-state index in [-0.39, 0.29) is 12.2 Å². The molecule has 0 radical (unpaired) electrons. The van der Waals surface area contributed by atoms with Crippen LogP contribution in [0.15, 0.2) is 75.0 Å². The molecule has 0 fully saturated rings. The Kier molecular flexibility index (Phi) is 5.37. The van der Waals surface area contributed by atoms with Gasteiger partial charge in [-0.2, -0.15) is 0 Å². The van der Waals surface area contributed by atoms with Crippen LogP contribution < -0.4 is 16.6 Å². The Hall–Kier alpha value is -3.46. The summed E-state index contributed by atoms with van der Waals surface area (Å²) in [5.74, 6) is -0.405. The zero-order valence-corrected chi connectivity index (χ0v) is 17.7. The van der Waals surface area contributed by atoms with Crippen LogP contribution in [0, 0.1) is 0 Å². The molecule has 0 unspecified atom stereocenters. The smallest absolute Gasteiger partial charge is 0.324 e. The molecule has 0 aliphatic carbocycles. The molecular weight excluding hydrogens is 450 g/mol. The largest absolute Gasteiger partial charge is 0.351 e. The van der Waals surface area contributed by atoms with E-state index in [0.717, 1.165) is 25.5 Å². The molecule has 0 spiro atoms. The SMILES string of the molecule is CCc1ccc(NC(=O)Cn2nc3c(=O)n(-c4ccc(Br)cc4)ccn3c2=O)cc1. The van der Waals surface area contributed by atoms with E-state index in [1.807, 2.05) is 31.2 Å². The van der Waals surface area contributed by atoms with Crippen molar-refractivity contribution in [1.29, 1.82) is 0 Å². The summed E-state index contributed by atoms with van der Waals surface area (Å²) in [5.41, 5.74) is 1.37. The first-order chi connectivity index (χ1) is 14.5. The van der Waals surface area contributed by atoms with Gasteiger partial charge < -0.3 is 5.32 Å². The third-order valence-corrected chi connectivity index (χ3v) is 5.22. The van der Waals surface area contributed by atoms with E-state index in [9.17, 15) is 14.4 Å². The average molecular weight is 468 g/mol. The third-order valence-electron chi connectivity index (χ3n) is 4.69. The second-order valence-electron chi connectivity index (χ2n) is 6.68. The van der Waals surface area contributed by atoms with Crippen molar-refractivity contribution in [3.8, 4) is 5.69 Å². The number of carbonyl (C=O) groups is 1. The maximum Gasteiger partial charge on any atom is 0.351 e. The first kappa shape index (κ1) is 19.8. The number of anilines is 1. The fourth-order valence-corrected chi connectivity index (χ4v) is 3.34. The molecule has 2 aromatic heterocycles. The Balaban J connectivity index is 1.61. The number of nitrogens with zero attached hydrogens (tertiary/aromatic N) is 4. The molecular formula is C21H18BrN5O3. The summed E-state index contributed by atoms with van der Waals surface area (Å²) < 4.78 is 4.41. The highest BCUT2D eigenvalue weighted by Gasteiger charge is 2.15. The van der Waals surface area contributed by atoms with Gasteiger partial charge in [0, 0.05) is 28.2 Å². The summed E-state index contributed by atoms with van der Waals surface area (Å²) in [6.07, 6.45) is 3.87. The van der Waals surface area contributed by atoms with E-state index in [0.29, 0.717) is 11.4 Å². The predicted octanol–water partition coefficient (Wildman–Crippen LogP) is 2.61. The lowest BCUT2D eigenvalue weighted by Crippen LogP contribution is -2.28. The number of aromatic nitrogens is 4. The van der Waals surface area contributed by atoms with E-state index in [1.165, 1.54) is 17.0 Å². The van der Waals surface area contributed by atoms with Gasteiger partial charge in [0.1, 0.15) is 6.54 Å². The standard InChI is InChI=1S/C21H18BrN5O3/c1-2-14-3-7-16(8-4-14)23-18(28)13-27-21(30)26-12-11-25(20(29)19(26)24-27)17-9-5-15(22)6-10-17/h3-12H,2,13H2,1H3,(H,23,28). The van der Waals surface area contributed by atoms with Crippen molar-refractivity contribution in [2.24, 2.45) is 0 Å². The molecule has 30 heavy (non-hydrogen) atoms. The molecule has 2 heterocycles. The number of benzene rings is 2. The molecule has 0 saturated carbocycles. The van der Waals surface area contributed by atoms with Crippen LogP contribution in [0.4, 0.5) is 5.69 Å². The van der Waals surface area contributed by atoms with Gasteiger partial charge >= 0.3 is 11.2 Å². The zero-order chi connectivity index (χ0) is 21.3. The summed E-state index contributed by atoms with van der Waals surface area (Å²) in [6, 6.07) is 14.6. The van der Waals surface area contributed by atoms with Gasteiger partial charge in [0.2, 0.25) is 11.6 Å². The molecule has 0 aliphatic heterocycles. The quantitative estimate of drug-likeness (QED) is 0.488. The van der Waals surface area contributed by atoms with E-state index in [2.05, 4.69) is 26.3 Å². The topological polar surface area (TPSA) is 90.4 Å². The lowest BCUT2D eigenvalue weighted by atomic mass is 10.1. The summed E-state index contributed by atoms with van der Waals surface area (Å²) in [6.45, 7) is 1.75. The fraction of sp³-hybridized carbons (Fsp3) is 0.143. The van der Waals surface area contributed by atoms with Gasteiger partial charge in [-0.1, -0.05) is 35.0 Å². The molecule has 4 rings (SSSR count). The van der Waals surface area contributed by atoms with Gasteiger partial charge in [0.25, 0.3) is 0 Å². The number of nitrogens with one attached hydrogen (secondary N) is 1. The number of carbonyl (C=O) groups excluding carboxylic acids is 1. The van der Waals surface area contributed by atoms with Crippen LogP contribution in [0.25, 0.3) is 11.3 Å². The highest BCUT2D eigenvalue weighted by atomic mass is 79.9. The normalized spacial score (nSPS) is 11.0. The van der Waals surface area contributed by atoms with Crippen molar-refractivity contribution < 1.29 is 4.79 Å². The van der Waals surface area contributed by atoms with Gasteiger partial charge in [0.15, 0.2) is 0 Å². The minimum atomic E-state index is -0.554. The molecule has 152 valence electrons. The van der Waals surface area contributed by atoms with Crippen LogP contribution in [0.3, 0.4) is 0 Å². The fourth-order valence-electron chi connectivity index (χ4n) is 3.08. The molecule has 2 aromatic carbocycles. The highest BCUT2D eigenvalue weighted by molar-refractivity contribution is 9.10. The third kappa shape index (κ3) is 3.84. The summed E-state index contributed by atoms with van der Waals surface area (Å²) in [4.78, 5) is 37.8. The van der Waals surface area contributed by atoms with E-state index >= 15 is 0 Å². The number of amides is 1. The van der Waals surface area contributed by atoms with Crippen LogP contribution in [-0.4, -0.2) is 24.7 Å². The monoisotopic (exact) mass is 467 g/mol. The van der Waals surface area contributed by atoms with Gasteiger partial charge in [0.05, 0.1) is 0 Å². The lowest BCUT2D eigenvalue weighted by Gasteiger charge is -2.05. The van der Waals surface area contributed by atoms with Gasteiger partial charge in [-0.05, 0) is 48.4 Å². The molecule has 0 atom stereocenters. The number of hydrogen-bond donors (Lipinski definition) is 1. The second-order valence-corrected chi connectivity index (χ2v) is 7.60. The maximum absolute atomic E-state index is 12.8. The Morgan fingerprint density at radius 1 is 1.03 bits per heavy atom. The summed E-state index contributed by atoms with van der Waals surface area (Å²) >= 11 is 3.36. The summed E-state index contributed by atoms with van der Waals surface area (Å²) in [5, 5.41) is 6.82. The van der Waals surface area contributed by atoms with Gasteiger partial charge in [-0.25, -0.2) is 13.9 Å². The lowest BCUT2D eigenvalue weighted by molar-refractivity contribution is -0.117. The number of halogens is 1. The Morgan fingerprint density at radius 3 is 2.40 bits per heavy atom. The van der Waals surface area contributed by atoms with Crippen molar-refractivity contribution in [3.63, 3.8) is 0 Å². The summed E-state index contributed by atoms with van der Waals surface area (Å²) in [7, 11) is 0. The van der Waals surface area contributed by atoms with E-state index < -0.39 is 17.2 Å². The van der Waals surface area contributed by atoms with Gasteiger partial charge in [-0.15, -0.1) is 5.10 Å². The first-order valence-corrected chi connectivity index (χ1v) is 10.1. The van der Waals surface area contributed by atoms with Gasteiger partial charge in [-0.3, -0.25) is 14.2 Å². The minimum Gasteiger partial charge on any atom is -0.324 e. The molecule has 1 amide bonds. The highest BCUT2D eigenvalue weighted by Crippen LogP contribution is 2.13. The number of fused-ring (bicyclic) bond motifs is 1. The predicted molar refractivity (Wildman–Crippen MR) is 117 cm³/mol. The van der Waals surface area contributed by atoms with Crippen LogP contribution >= 0.6 is 15.9 Å². The molecule has 4 aromatic rings. The van der Waals surface area contributed by atoms with E-state index in [1.54, 1.807) is 24.3 Å². The zero-order valence-electron chi connectivity index (χ0n) is 16.1. The molecule has 0 bridgehead atoms. The Labute approximate surface area is 179 Å². The van der Waals surface area contributed by atoms with Crippen molar-refractivity contribution in [2.45, 2.75) is 19.9 Å². The van der Waals surface area contributed by atoms with Crippen LogP contribution in [-0.2, 0) is 17.8 Å². The second kappa shape index (κ2) is 8.11. The van der Waals surface area contributed by atoms with E-state index in [4.69, 9.17) is 0 Å². The van der Waals surface area contributed by atoms with Crippen molar-refractivity contribution in [3.05, 3.63) is 91.8 Å². The maximum atomic E-state index is 12.8. The molecule has 0 saturated heterocycles. The van der Waals surface area contributed by atoms with Crippen molar-refractivity contribution in [2.75, 3.05) is 5.32 Å². The number of rotatable bonds is 5. The van der Waals surface area contributed by atoms with Crippen LogP contribution in [0.2, 0.25) is 0 Å². The average Bonchev–Trinajstić information content (AvgIpc) is 3.06. The molecule has 1 N–H and O–H groups in total. The van der Waals surface area contributed by atoms with Crippen molar-refractivity contribution in [1.82, 2.24) is 18.7 Å². The molecule has 0 aliphatic rings. The molecule has 8 nitrogen and oxygen atoms in total. The van der Waals surface area contributed by atoms with Crippen LogP contribution in [0.5, 0.6) is 0 Å². The van der Waals surface area contributed by atoms with Crippen molar-refractivity contribution >= 4 is 33.2 Å². The van der Waals surface area contributed by atoms with Crippen LogP contribution in [0.1, 0.15) is 12.5 Å². The number of aryl methyl sites for hydroxylation is 1. The first-order valence-electron chi connectivity index (χ1n) is 9.32. The minimum absolute atomic E-state index is 0.0504. The number of hydrogen-bond acceptors (Lipinski definition) is 4.